The summed E-state index contributed by atoms with van der Waals surface area (Å²) in [4.78, 5) is 12.0. The van der Waals surface area contributed by atoms with E-state index in [1.54, 1.807) is 6.07 Å². The predicted molar refractivity (Wildman–Crippen MR) is 93.8 cm³/mol. The lowest BCUT2D eigenvalue weighted by atomic mass is 9.53. The Balaban J connectivity index is 1.44. The van der Waals surface area contributed by atoms with Crippen molar-refractivity contribution in [3.8, 4) is 0 Å². The van der Waals surface area contributed by atoms with Gasteiger partial charge < -0.3 is 9.73 Å². The van der Waals surface area contributed by atoms with Crippen molar-refractivity contribution in [2.45, 2.75) is 57.5 Å². The van der Waals surface area contributed by atoms with Crippen molar-refractivity contribution in [2.24, 2.45) is 17.8 Å². The number of rotatable bonds is 3. The second-order valence-corrected chi connectivity index (χ2v) is 8.78. The van der Waals surface area contributed by atoms with Crippen molar-refractivity contribution in [3.05, 3.63) is 45.8 Å². The highest BCUT2D eigenvalue weighted by molar-refractivity contribution is 5.80. The Kier molecular flexibility index (Phi) is 3.18. The summed E-state index contributed by atoms with van der Waals surface area (Å²) in [6, 6.07) is 7.90. The van der Waals surface area contributed by atoms with E-state index in [-0.39, 0.29) is 5.63 Å². The first-order valence-corrected chi connectivity index (χ1v) is 9.46. The SMILES string of the molecule is Cc1ccc2c(C[NH2+]C34CC5CC(CC(C5)C3)C4)cc(=O)oc2c1. The molecule has 0 aliphatic heterocycles. The number of fused-ring (bicyclic) bond motifs is 1. The molecule has 6 rings (SSSR count). The van der Waals surface area contributed by atoms with Crippen LogP contribution in [0.5, 0.6) is 0 Å². The quantitative estimate of drug-likeness (QED) is 0.882. The second-order valence-electron chi connectivity index (χ2n) is 8.78. The molecule has 0 amide bonds. The minimum Gasteiger partial charge on any atom is -0.423 e. The molecule has 2 N–H and O–H groups in total. The van der Waals surface area contributed by atoms with Gasteiger partial charge in [0.15, 0.2) is 0 Å². The molecule has 24 heavy (non-hydrogen) atoms. The van der Waals surface area contributed by atoms with Crippen LogP contribution in [-0.4, -0.2) is 5.54 Å². The van der Waals surface area contributed by atoms with Gasteiger partial charge in [-0.25, -0.2) is 4.79 Å². The van der Waals surface area contributed by atoms with E-state index in [1.807, 2.05) is 13.0 Å². The molecule has 0 saturated heterocycles. The van der Waals surface area contributed by atoms with E-state index >= 15 is 0 Å². The fourth-order valence-electron chi connectivity index (χ4n) is 6.26. The van der Waals surface area contributed by atoms with E-state index in [1.165, 1.54) is 38.5 Å². The number of benzene rings is 1. The van der Waals surface area contributed by atoms with Crippen LogP contribution in [0.1, 0.15) is 49.7 Å². The van der Waals surface area contributed by atoms with Crippen LogP contribution in [-0.2, 0) is 6.54 Å². The van der Waals surface area contributed by atoms with Crippen molar-refractivity contribution in [1.29, 1.82) is 0 Å². The molecule has 2 aromatic rings. The Bertz CT molecular complexity index is 815. The first kappa shape index (κ1) is 14.7. The largest absolute Gasteiger partial charge is 0.423 e. The minimum atomic E-state index is -0.220. The zero-order valence-electron chi connectivity index (χ0n) is 14.4. The number of nitrogens with two attached hydrogens (primary N) is 1. The van der Waals surface area contributed by atoms with Crippen molar-refractivity contribution in [3.63, 3.8) is 0 Å². The zero-order chi connectivity index (χ0) is 16.3. The van der Waals surface area contributed by atoms with Crippen LogP contribution >= 0.6 is 0 Å². The molecule has 1 aromatic heterocycles. The molecule has 0 radical (unpaired) electrons. The molecule has 4 saturated carbocycles. The molecule has 0 spiro atoms. The van der Waals surface area contributed by atoms with Crippen LogP contribution in [0.3, 0.4) is 0 Å². The smallest absolute Gasteiger partial charge is 0.336 e. The standard InChI is InChI=1S/C21H25NO2/c1-13-2-3-18-17(8-20(23)24-19(18)4-13)12-22-21-9-14-5-15(10-21)7-16(6-14)11-21/h2-4,8,14-16,22H,5-7,9-12H2,1H3/p+1. The molecule has 126 valence electrons. The average molecular weight is 324 g/mol. The van der Waals surface area contributed by atoms with Crippen molar-refractivity contribution in [1.82, 2.24) is 0 Å². The molecule has 4 aliphatic carbocycles. The first-order valence-electron chi connectivity index (χ1n) is 9.46. The van der Waals surface area contributed by atoms with E-state index in [9.17, 15) is 4.79 Å². The third-order valence-corrected chi connectivity index (χ3v) is 6.83. The zero-order valence-corrected chi connectivity index (χ0v) is 14.4. The highest BCUT2D eigenvalue weighted by atomic mass is 16.4. The maximum Gasteiger partial charge on any atom is 0.336 e. The van der Waals surface area contributed by atoms with E-state index in [0.717, 1.165) is 46.4 Å². The number of hydrogen-bond acceptors (Lipinski definition) is 2. The van der Waals surface area contributed by atoms with Gasteiger partial charge in [-0.2, -0.15) is 0 Å². The Labute approximate surface area is 142 Å². The third-order valence-electron chi connectivity index (χ3n) is 6.83. The lowest BCUT2D eigenvalue weighted by Gasteiger charge is -2.54. The molecule has 1 heterocycles. The Morgan fingerprint density at radius 3 is 2.42 bits per heavy atom. The molecule has 4 aliphatic rings. The molecule has 0 atom stereocenters. The van der Waals surface area contributed by atoms with Crippen LogP contribution in [0.15, 0.2) is 33.5 Å². The first-order chi connectivity index (χ1) is 11.6. The molecular weight excluding hydrogens is 298 g/mol. The van der Waals surface area contributed by atoms with Gasteiger partial charge in [0.05, 0.1) is 5.54 Å². The van der Waals surface area contributed by atoms with Crippen LogP contribution in [0.4, 0.5) is 0 Å². The number of hydrogen-bond donors (Lipinski definition) is 1. The number of aryl methyl sites for hydroxylation is 1. The summed E-state index contributed by atoms with van der Waals surface area (Å²) in [5, 5.41) is 3.67. The van der Waals surface area contributed by atoms with Crippen molar-refractivity contribution in [2.75, 3.05) is 0 Å². The normalized spacial score (nSPS) is 34.1. The molecule has 4 fully saturated rings. The monoisotopic (exact) mass is 324 g/mol. The van der Waals surface area contributed by atoms with E-state index in [2.05, 4.69) is 17.4 Å². The highest BCUT2D eigenvalue weighted by Gasteiger charge is 2.53. The molecule has 3 nitrogen and oxygen atoms in total. The molecule has 0 unspecified atom stereocenters. The van der Waals surface area contributed by atoms with Gasteiger partial charge in [-0.3, -0.25) is 0 Å². The van der Waals surface area contributed by atoms with Gasteiger partial charge in [-0.1, -0.05) is 12.1 Å². The lowest BCUT2D eigenvalue weighted by molar-refractivity contribution is -0.752. The summed E-state index contributed by atoms with van der Waals surface area (Å²) in [5.41, 5.74) is 3.23. The maximum atomic E-state index is 12.0. The van der Waals surface area contributed by atoms with Crippen LogP contribution in [0.25, 0.3) is 11.0 Å². The Morgan fingerprint density at radius 1 is 1.08 bits per heavy atom. The van der Waals surface area contributed by atoms with Gasteiger partial charge in [0.2, 0.25) is 0 Å². The van der Waals surface area contributed by atoms with Crippen LogP contribution in [0.2, 0.25) is 0 Å². The third kappa shape index (κ3) is 2.41. The van der Waals surface area contributed by atoms with Gasteiger partial charge in [0, 0.05) is 36.3 Å². The number of quaternary nitrogens is 1. The fourth-order valence-corrected chi connectivity index (χ4v) is 6.26. The summed E-state index contributed by atoms with van der Waals surface area (Å²) in [7, 11) is 0. The minimum absolute atomic E-state index is 0.220. The Hall–Kier alpha value is -1.61. The lowest BCUT2D eigenvalue weighted by Crippen LogP contribution is -2.97. The van der Waals surface area contributed by atoms with Gasteiger partial charge in [-0.15, -0.1) is 0 Å². The average Bonchev–Trinajstić information content (AvgIpc) is 2.51. The predicted octanol–water partition coefficient (Wildman–Crippen LogP) is 3.13. The van der Waals surface area contributed by atoms with Gasteiger partial charge >= 0.3 is 5.63 Å². The van der Waals surface area contributed by atoms with Crippen molar-refractivity contribution >= 4 is 11.0 Å². The second kappa shape index (κ2) is 5.19. The highest BCUT2D eigenvalue weighted by Crippen LogP contribution is 2.54. The van der Waals surface area contributed by atoms with Gasteiger partial charge in [0.25, 0.3) is 0 Å². The molecule has 1 aromatic carbocycles. The van der Waals surface area contributed by atoms with Crippen molar-refractivity contribution < 1.29 is 9.73 Å². The van der Waals surface area contributed by atoms with E-state index in [0.29, 0.717) is 5.54 Å². The molecular formula is C21H26NO2+. The van der Waals surface area contributed by atoms with Crippen LogP contribution < -0.4 is 10.9 Å². The molecule has 3 heteroatoms. The summed E-state index contributed by atoms with van der Waals surface area (Å²) in [5.74, 6) is 2.90. The summed E-state index contributed by atoms with van der Waals surface area (Å²) in [6.07, 6.45) is 8.59. The van der Waals surface area contributed by atoms with E-state index in [4.69, 9.17) is 4.42 Å². The summed E-state index contributed by atoms with van der Waals surface area (Å²) < 4.78 is 5.41. The fraction of sp³-hybridized carbons (Fsp3) is 0.571. The molecule has 4 bridgehead atoms. The van der Waals surface area contributed by atoms with Gasteiger partial charge in [-0.05, 0) is 55.6 Å². The summed E-state index contributed by atoms with van der Waals surface area (Å²) in [6.45, 7) is 2.94. The van der Waals surface area contributed by atoms with Gasteiger partial charge in [0.1, 0.15) is 12.1 Å². The van der Waals surface area contributed by atoms with E-state index < -0.39 is 0 Å². The summed E-state index contributed by atoms with van der Waals surface area (Å²) >= 11 is 0. The maximum absolute atomic E-state index is 12.0. The topological polar surface area (TPSA) is 46.8 Å². The Morgan fingerprint density at radius 2 is 1.75 bits per heavy atom. The van der Waals surface area contributed by atoms with Crippen LogP contribution in [0, 0.1) is 24.7 Å².